The van der Waals surface area contributed by atoms with Crippen LogP contribution < -0.4 is 4.90 Å². The maximum Gasteiger partial charge on any atom is 0.227 e. The van der Waals surface area contributed by atoms with Gasteiger partial charge in [-0.05, 0) is 31.5 Å². The predicted octanol–water partition coefficient (Wildman–Crippen LogP) is 3.08. The fourth-order valence-electron chi connectivity index (χ4n) is 3.66. The second kappa shape index (κ2) is 7.14. The number of nitrogens with zero attached hydrogens (tertiary/aromatic N) is 5. The van der Waals surface area contributed by atoms with Crippen LogP contribution in [0.1, 0.15) is 34.6 Å². The smallest absolute Gasteiger partial charge is 0.227 e. The molecule has 0 radical (unpaired) electrons. The number of aryl methyl sites for hydroxylation is 1. The van der Waals surface area contributed by atoms with Gasteiger partial charge >= 0.3 is 0 Å². The SMILES string of the molecule is Cc1[nH]nc2ncc(-c3cncc(C(=O)c4cccc(N5CCCC5=O)c4)n3)cc12. The molecule has 8 nitrogen and oxygen atoms in total. The van der Waals surface area contributed by atoms with E-state index >= 15 is 0 Å². The number of carbonyl (C=O) groups is 2. The van der Waals surface area contributed by atoms with E-state index in [0.29, 0.717) is 29.9 Å². The van der Waals surface area contributed by atoms with Crippen molar-refractivity contribution in [2.75, 3.05) is 11.4 Å². The molecule has 0 atom stereocenters. The van der Waals surface area contributed by atoms with Gasteiger partial charge in [-0.3, -0.25) is 19.7 Å². The molecule has 1 saturated heterocycles. The number of amides is 1. The molecule has 0 spiro atoms. The number of pyridine rings is 1. The first-order valence-electron chi connectivity index (χ1n) is 9.68. The van der Waals surface area contributed by atoms with E-state index in [2.05, 4.69) is 25.1 Å². The number of nitrogens with one attached hydrogen (secondary N) is 1. The van der Waals surface area contributed by atoms with Crippen LogP contribution >= 0.6 is 0 Å². The minimum absolute atomic E-state index is 0.0822. The van der Waals surface area contributed by atoms with Crippen molar-refractivity contribution in [1.29, 1.82) is 0 Å². The molecule has 4 aromatic rings. The van der Waals surface area contributed by atoms with E-state index < -0.39 is 0 Å². The number of fused-ring (bicyclic) bond motifs is 1. The van der Waals surface area contributed by atoms with Gasteiger partial charge in [-0.2, -0.15) is 5.10 Å². The Hall–Kier alpha value is -3.94. The van der Waals surface area contributed by atoms with Gasteiger partial charge in [0.15, 0.2) is 5.65 Å². The van der Waals surface area contributed by atoms with Crippen LogP contribution in [0.15, 0.2) is 48.9 Å². The standard InChI is InChI=1S/C22H18N6O2/c1-13-17-9-15(10-24-22(17)27-26-13)18-11-23-12-19(25-18)21(30)14-4-2-5-16(8-14)28-7-3-6-20(28)29/h2,4-5,8-12H,3,6-7H2,1H3,(H,24,26,27). The topological polar surface area (TPSA) is 105 Å². The third-order valence-electron chi connectivity index (χ3n) is 5.26. The van der Waals surface area contributed by atoms with Gasteiger partial charge in [-0.15, -0.1) is 0 Å². The molecule has 0 unspecified atom stereocenters. The first kappa shape index (κ1) is 18.1. The Morgan fingerprint density at radius 1 is 1.17 bits per heavy atom. The summed E-state index contributed by atoms with van der Waals surface area (Å²) in [5.74, 6) is -0.162. The molecule has 3 aromatic heterocycles. The summed E-state index contributed by atoms with van der Waals surface area (Å²) < 4.78 is 0. The molecular weight excluding hydrogens is 380 g/mol. The normalized spacial score (nSPS) is 13.9. The summed E-state index contributed by atoms with van der Waals surface area (Å²) >= 11 is 0. The molecule has 1 amide bonds. The maximum absolute atomic E-state index is 13.1. The van der Waals surface area contributed by atoms with Gasteiger partial charge in [0.25, 0.3) is 0 Å². The van der Waals surface area contributed by atoms with E-state index in [1.165, 1.54) is 6.20 Å². The van der Waals surface area contributed by atoms with E-state index in [-0.39, 0.29) is 17.4 Å². The Labute approximate surface area is 172 Å². The zero-order valence-electron chi connectivity index (χ0n) is 16.3. The van der Waals surface area contributed by atoms with Crippen molar-refractivity contribution in [2.45, 2.75) is 19.8 Å². The van der Waals surface area contributed by atoms with Crippen LogP contribution in [0.2, 0.25) is 0 Å². The van der Waals surface area contributed by atoms with Crippen LogP contribution in [0.25, 0.3) is 22.3 Å². The summed E-state index contributed by atoms with van der Waals surface area (Å²) in [6.07, 6.45) is 6.10. The molecule has 1 aromatic carbocycles. The number of H-pyrrole nitrogens is 1. The number of hydrogen-bond donors (Lipinski definition) is 1. The lowest BCUT2D eigenvalue weighted by molar-refractivity contribution is -0.117. The molecule has 8 heteroatoms. The van der Waals surface area contributed by atoms with Crippen LogP contribution in [0.3, 0.4) is 0 Å². The Morgan fingerprint density at radius 2 is 2.07 bits per heavy atom. The van der Waals surface area contributed by atoms with Crippen molar-refractivity contribution in [3.63, 3.8) is 0 Å². The summed E-state index contributed by atoms with van der Waals surface area (Å²) in [4.78, 5) is 39.9. The van der Waals surface area contributed by atoms with E-state index in [4.69, 9.17) is 0 Å². The Balaban J connectivity index is 1.48. The lowest BCUT2D eigenvalue weighted by Crippen LogP contribution is -2.23. The van der Waals surface area contributed by atoms with Crippen molar-refractivity contribution in [1.82, 2.24) is 25.1 Å². The number of benzene rings is 1. The second-order valence-corrected chi connectivity index (χ2v) is 7.26. The summed E-state index contributed by atoms with van der Waals surface area (Å²) in [6.45, 7) is 2.60. The van der Waals surface area contributed by atoms with Crippen molar-refractivity contribution in [2.24, 2.45) is 0 Å². The van der Waals surface area contributed by atoms with Gasteiger partial charge in [0.2, 0.25) is 11.7 Å². The van der Waals surface area contributed by atoms with Crippen LogP contribution in [-0.2, 0) is 4.79 Å². The molecule has 1 fully saturated rings. The van der Waals surface area contributed by atoms with Crippen molar-refractivity contribution < 1.29 is 9.59 Å². The molecular formula is C22H18N6O2. The number of aromatic amines is 1. The maximum atomic E-state index is 13.1. The van der Waals surface area contributed by atoms with E-state index in [1.807, 2.05) is 19.1 Å². The molecule has 0 bridgehead atoms. The van der Waals surface area contributed by atoms with Gasteiger partial charge in [0, 0.05) is 47.1 Å². The van der Waals surface area contributed by atoms with Gasteiger partial charge in [0.05, 0.1) is 18.1 Å². The molecule has 0 aliphatic carbocycles. The Kier molecular flexibility index (Phi) is 4.31. The first-order chi connectivity index (χ1) is 14.6. The quantitative estimate of drug-likeness (QED) is 0.530. The highest BCUT2D eigenvalue weighted by Crippen LogP contribution is 2.25. The molecule has 0 saturated carbocycles. The van der Waals surface area contributed by atoms with E-state index in [0.717, 1.165) is 28.8 Å². The summed E-state index contributed by atoms with van der Waals surface area (Å²) in [5.41, 5.74) is 4.29. The molecule has 148 valence electrons. The largest absolute Gasteiger partial charge is 0.312 e. The van der Waals surface area contributed by atoms with Crippen LogP contribution in [0.5, 0.6) is 0 Å². The number of anilines is 1. The van der Waals surface area contributed by atoms with E-state index in [1.54, 1.807) is 35.5 Å². The van der Waals surface area contributed by atoms with E-state index in [9.17, 15) is 9.59 Å². The molecule has 5 rings (SSSR count). The van der Waals surface area contributed by atoms with Crippen LogP contribution in [0, 0.1) is 6.92 Å². The number of carbonyl (C=O) groups excluding carboxylic acids is 2. The van der Waals surface area contributed by atoms with Crippen LogP contribution in [0.4, 0.5) is 5.69 Å². The minimum Gasteiger partial charge on any atom is -0.312 e. The van der Waals surface area contributed by atoms with Crippen molar-refractivity contribution >= 4 is 28.4 Å². The second-order valence-electron chi connectivity index (χ2n) is 7.26. The number of ketones is 1. The summed E-state index contributed by atoms with van der Waals surface area (Å²) in [7, 11) is 0. The minimum atomic E-state index is -0.244. The Morgan fingerprint density at radius 3 is 2.90 bits per heavy atom. The predicted molar refractivity (Wildman–Crippen MR) is 111 cm³/mol. The van der Waals surface area contributed by atoms with Gasteiger partial charge in [-0.1, -0.05) is 12.1 Å². The average Bonchev–Trinajstić information content (AvgIpc) is 3.38. The fraction of sp³-hybridized carbons (Fsp3) is 0.182. The first-order valence-corrected chi connectivity index (χ1v) is 9.68. The monoisotopic (exact) mass is 398 g/mol. The van der Waals surface area contributed by atoms with Gasteiger partial charge in [-0.25, -0.2) is 9.97 Å². The zero-order chi connectivity index (χ0) is 20.7. The van der Waals surface area contributed by atoms with Crippen molar-refractivity contribution in [3.8, 4) is 11.3 Å². The highest BCUT2D eigenvalue weighted by Gasteiger charge is 2.23. The summed E-state index contributed by atoms with van der Waals surface area (Å²) in [5, 5.41) is 7.93. The van der Waals surface area contributed by atoms with Gasteiger partial charge < -0.3 is 4.90 Å². The highest BCUT2D eigenvalue weighted by atomic mass is 16.2. The molecule has 4 heterocycles. The van der Waals surface area contributed by atoms with Crippen LogP contribution in [-0.4, -0.2) is 43.4 Å². The van der Waals surface area contributed by atoms with Crippen molar-refractivity contribution in [3.05, 3.63) is 65.9 Å². The molecule has 1 aliphatic heterocycles. The highest BCUT2D eigenvalue weighted by molar-refractivity contribution is 6.08. The molecule has 1 N–H and O–H groups in total. The lowest BCUT2D eigenvalue weighted by Gasteiger charge is -2.16. The number of aromatic nitrogens is 5. The average molecular weight is 398 g/mol. The molecule has 30 heavy (non-hydrogen) atoms. The number of hydrogen-bond acceptors (Lipinski definition) is 6. The zero-order valence-corrected chi connectivity index (χ0v) is 16.3. The summed E-state index contributed by atoms with van der Waals surface area (Å²) in [6, 6.07) is 9.02. The molecule has 1 aliphatic rings. The Bertz CT molecular complexity index is 1300. The number of rotatable bonds is 4. The third kappa shape index (κ3) is 3.12. The van der Waals surface area contributed by atoms with Gasteiger partial charge in [0.1, 0.15) is 5.69 Å². The lowest BCUT2D eigenvalue weighted by atomic mass is 10.1. The fourth-order valence-corrected chi connectivity index (χ4v) is 3.66. The third-order valence-corrected chi connectivity index (χ3v) is 5.26.